The summed E-state index contributed by atoms with van der Waals surface area (Å²) >= 11 is 0. The van der Waals surface area contributed by atoms with Crippen LogP contribution in [-0.4, -0.2) is 227 Å². The molecule has 23 nitrogen and oxygen atoms in total. The number of carbonyl (C=O) groups is 11. The van der Waals surface area contributed by atoms with E-state index in [0.29, 0.717) is 6.42 Å². The van der Waals surface area contributed by atoms with Gasteiger partial charge in [-0.1, -0.05) is 109 Å². The Kier molecular flexibility index (Phi) is 31.5. The molecule has 5 N–H and O–H groups in total. The molecule has 486 valence electrons. The Hall–Kier alpha value is -6.13. The number of nitrogens with one attached hydrogen (secondary N) is 4. The Labute approximate surface area is 508 Å². The van der Waals surface area contributed by atoms with E-state index in [2.05, 4.69) is 21.3 Å². The van der Waals surface area contributed by atoms with Crippen molar-refractivity contribution in [3.63, 3.8) is 0 Å². The standard InChI is InChI=1S/C62H111N11O12/c1-25-27-28-40(15)52(75)51-56(79)65-43(26-2)58(81)67(18)33-48(74)68(19)44(29-34(3)4)55(78)66-49(38(11)12)61(84)69(20)45(30-35(5)6)54(77)63-41(16)53(76)64-42(17)57(80)70(21)46(31-36(7)8)59(82)71(22)47(32-37(9)10)60(83)72(23)50(39(13)14)62(85)73(51)24/h25,27,34-47,49-52,75H,26,28-33H2,1-24H3,(H,63,77)(H,64,76)(H,65,79)(H,66,78)/t40-,41+,42-,43+,44+,45+,46-,47-,49+,50+,51+,52-/m1/s1. The summed E-state index contributed by atoms with van der Waals surface area (Å²) in [6, 6.07) is -12.3. The molecule has 1 fully saturated rings. The van der Waals surface area contributed by atoms with Crippen LogP contribution in [0.5, 0.6) is 0 Å². The van der Waals surface area contributed by atoms with Crippen LogP contribution in [0.3, 0.4) is 0 Å². The van der Waals surface area contributed by atoms with Gasteiger partial charge in [-0.15, -0.1) is 0 Å². The summed E-state index contributed by atoms with van der Waals surface area (Å²) in [5.41, 5.74) is 0. The normalized spacial score (nSPS) is 26.9. The molecule has 0 bridgehead atoms. The molecule has 0 unspecified atom stereocenters. The van der Waals surface area contributed by atoms with Crippen LogP contribution < -0.4 is 21.3 Å². The third-order valence-electron chi connectivity index (χ3n) is 16.1. The fraction of sp³-hybridized carbons (Fsp3) is 0.790. The van der Waals surface area contributed by atoms with E-state index < -0.39 is 156 Å². The van der Waals surface area contributed by atoms with Crippen LogP contribution in [0.25, 0.3) is 0 Å². The highest BCUT2D eigenvalue weighted by atomic mass is 16.3. The molecule has 85 heavy (non-hydrogen) atoms. The predicted octanol–water partition coefficient (Wildman–Crippen LogP) is 3.27. The molecule has 0 aromatic rings. The Bertz CT molecular complexity index is 2330. The van der Waals surface area contributed by atoms with Crippen molar-refractivity contribution in [1.82, 2.24) is 55.6 Å². The largest absolute Gasteiger partial charge is 0.390 e. The zero-order chi connectivity index (χ0) is 66.0. The van der Waals surface area contributed by atoms with E-state index in [0.717, 1.165) is 9.80 Å². The van der Waals surface area contributed by atoms with Crippen molar-refractivity contribution in [2.45, 2.75) is 223 Å². The summed E-state index contributed by atoms with van der Waals surface area (Å²) < 4.78 is 0. The first-order valence-electron chi connectivity index (χ1n) is 30.6. The number of amides is 11. The van der Waals surface area contributed by atoms with Crippen molar-refractivity contribution in [2.24, 2.45) is 41.4 Å². The van der Waals surface area contributed by atoms with Gasteiger partial charge in [-0.3, -0.25) is 52.7 Å². The molecule has 0 aromatic heterocycles. The molecule has 1 saturated heterocycles. The molecule has 12 atom stereocenters. The molecule has 0 aliphatic carbocycles. The van der Waals surface area contributed by atoms with Gasteiger partial charge < -0.3 is 60.7 Å². The highest BCUT2D eigenvalue weighted by Gasteiger charge is 2.45. The molecule has 0 saturated carbocycles. The van der Waals surface area contributed by atoms with Crippen LogP contribution in [0, 0.1) is 41.4 Å². The number of allylic oxidation sites excluding steroid dienone is 2. The van der Waals surface area contributed by atoms with E-state index in [4.69, 9.17) is 0 Å². The van der Waals surface area contributed by atoms with Crippen LogP contribution in [0.2, 0.25) is 0 Å². The van der Waals surface area contributed by atoms with Gasteiger partial charge in [0, 0.05) is 49.3 Å². The zero-order valence-corrected chi connectivity index (χ0v) is 56.1. The van der Waals surface area contributed by atoms with Crippen molar-refractivity contribution in [2.75, 3.05) is 55.9 Å². The van der Waals surface area contributed by atoms with E-state index in [1.807, 2.05) is 61.5 Å². The van der Waals surface area contributed by atoms with E-state index in [-0.39, 0.29) is 55.8 Å². The highest BCUT2D eigenvalue weighted by molar-refractivity contribution is 5.99. The number of hydrogen-bond donors (Lipinski definition) is 5. The van der Waals surface area contributed by atoms with Crippen molar-refractivity contribution in [3.8, 4) is 0 Å². The molecule has 1 heterocycles. The average molecular weight is 1200 g/mol. The average Bonchev–Trinajstić information content (AvgIpc) is 3.62. The lowest BCUT2D eigenvalue weighted by atomic mass is 9.91. The number of hydrogen-bond acceptors (Lipinski definition) is 12. The minimum Gasteiger partial charge on any atom is -0.390 e. The van der Waals surface area contributed by atoms with Crippen molar-refractivity contribution in [3.05, 3.63) is 12.2 Å². The lowest BCUT2D eigenvalue weighted by molar-refractivity contribution is -0.157. The Morgan fingerprint density at radius 1 is 0.459 bits per heavy atom. The molecule has 0 spiro atoms. The van der Waals surface area contributed by atoms with Gasteiger partial charge in [0.25, 0.3) is 0 Å². The quantitative estimate of drug-likeness (QED) is 0.148. The number of aliphatic hydroxyl groups is 1. The molecule has 1 aliphatic heterocycles. The second kappa shape index (κ2) is 34.9. The van der Waals surface area contributed by atoms with Gasteiger partial charge in [0.1, 0.15) is 60.4 Å². The van der Waals surface area contributed by atoms with Gasteiger partial charge in [0.2, 0.25) is 65.0 Å². The number of aliphatic hydroxyl groups excluding tert-OH is 1. The van der Waals surface area contributed by atoms with Crippen LogP contribution in [-0.2, 0) is 52.7 Å². The Morgan fingerprint density at radius 2 is 0.871 bits per heavy atom. The zero-order valence-electron chi connectivity index (χ0n) is 56.1. The summed E-state index contributed by atoms with van der Waals surface area (Å²) in [4.78, 5) is 169. The smallest absolute Gasteiger partial charge is 0.246 e. The maximum absolute atomic E-state index is 15.1. The minimum absolute atomic E-state index is 0.0229. The van der Waals surface area contributed by atoms with Gasteiger partial charge in [-0.05, 0) is 101 Å². The first-order chi connectivity index (χ1) is 39.2. The van der Waals surface area contributed by atoms with Gasteiger partial charge in [-0.25, -0.2) is 0 Å². The van der Waals surface area contributed by atoms with Gasteiger partial charge >= 0.3 is 0 Å². The summed E-state index contributed by atoms with van der Waals surface area (Å²) in [5, 5.41) is 23.1. The van der Waals surface area contributed by atoms with Crippen LogP contribution in [0.15, 0.2) is 12.2 Å². The summed E-state index contributed by atoms with van der Waals surface area (Å²) in [5.74, 6) is -9.71. The van der Waals surface area contributed by atoms with E-state index in [9.17, 15) is 48.3 Å². The van der Waals surface area contributed by atoms with E-state index in [1.165, 1.54) is 87.7 Å². The van der Waals surface area contributed by atoms with E-state index in [1.54, 1.807) is 54.5 Å². The van der Waals surface area contributed by atoms with Crippen LogP contribution in [0.1, 0.15) is 156 Å². The maximum atomic E-state index is 15.1. The van der Waals surface area contributed by atoms with Crippen molar-refractivity contribution in [1.29, 1.82) is 0 Å². The molecule has 11 amide bonds. The lowest BCUT2D eigenvalue weighted by Crippen LogP contribution is -2.63. The van der Waals surface area contributed by atoms with Crippen LogP contribution in [0.4, 0.5) is 0 Å². The first-order valence-corrected chi connectivity index (χ1v) is 30.6. The fourth-order valence-electron chi connectivity index (χ4n) is 10.7. The molecule has 1 aliphatic rings. The predicted molar refractivity (Wildman–Crippen MR) is 328 cm³/mol. The van der Waals surface area contributed by atoms with Gasteiger partial charge in [0.15, 0.2) is 0 Å². The number of carbonyl (C=O) groups excluding carboxylic acids is 11. The topological polar surface area (TPSA) is 279 Å². The monoisotopic (exact) mass is 1200 g/mol. The van der Waals surface area contributed by atoms with Crippen molar-refractivity contribution < 1.29 is 57.8 Å². The second-order valence-electron chi connectivity index (χ2n) is 26.1. The summed E-state index contributed by atoms with van der Waals surface area (Å²) in [6.45, 7) is 29.3. The summed E-state index contributed by atoms with van der Waals surface area (Å²) in [6.07, 6.45) is 3.04. The summed E-state index contributed by atoms with van der Waals surface area (Å²) in [7, 11) is 9.92. The lowest BCUT2D eigenvalue weighted by Gasteiger charge is -2.41. The molecule has 23 heteroatoms. The number of nitrogens with zero attached hydrogens (tertiary/aromatic N) is 7. The fourth-order valence-corrected chi connectivity index (χ4v) is 10.7. The second-order valence-corrected chi connectivity index (χ2v) is 26.1. The Morgan fingerprint density at radius 3 is 1.32 bits per heavy atom. The molecular formula is C62H111N11O12. The van der Waals surface area contributed by atoms with Crippen molar-refractivity contribution >= 4 is 65.0 Å². The third kappa shape index (κ3) is 21.7. The number of rotatable bonds is 15. The first kappa shape index (κ1) is 76.9. The SMILES string of the molecule is CC=CC[C@@H](C)[C@@H](O)[C@H]1C(=O)N[C@@H](CC)C(=O)N(C)CC(=O)N(C)[C@@H](CC(C)C)C(=O)N[C@@H](C(C)C)C(=O)N(C)[C@@H](CC(C)C)C(=O)N[C@@H](C)C(=O)N[C@H](C)C(=O)N(C)[C@H](CC(C)C)C(=O)N(C)[C@H](CC(C)C)C(=O)N(C)[C@@H](C(C)C)C(=O)N1C. The maximum Gasteiger partial charge on any atom is 0.246 e. The molecular weight excluding hydrogens is 1090 g/mol. The van der Waals surface area contributed by atoms with Gasteiger partial charge in [0.05, 0.1) is 12.6 Å². The van der Waals surface area contributed by atoms with Crippen LogP contribution >= 0.6 is 0 Å². The molecule has 0 aromatic carbocycles. The highest BCUT2D eigenvalue weighted by Crippen LogP contribution is 2.26. The van der Waals surface area contributed by atoms with E-state index >= 15 is 9.59 Å². The number of likely N-dealkylation sites (N-methyl/N-ethyl adjacent to an activating group) is 7. The molecule has 0 radical (unpaired) electrons. The third-order valence-corrected chi connectivity index (χ3v) is 16.1. The molecule has 1 rings (SSSR count). The van der Waals surface area contributed by atoms with Gasteiger partial charge in [-0.2, -0.15) is 0 Å². The minimum atomic E-state index is -1.61. The Balaban J connectivity index is 4.32.